The summed E-state index contributed by atoms with van der Waals surface area (Å²) in [4.78, 5) is 6.27. The fourth-order valence-corrected chi connectivity index (χ4v) is 3.01. The topological polar surface area (TPSA) is 62.7 Å². The lowest BCUT2D eigenvalue weighted by Gasteiger charge is -2.07. The molecule has 0 aliphatic heterocycles. The molecule has 2 N–H and O–H groups in total. The Balaban J connectivity index is 2.04. The SMILES string of the molecule is N#Cc1cc(Sc2cccc3cnccc23)ccc1N. The van der Waals surface area contributed by atoms with Crippen molar-refractivity contribution in [2.24, 2.45) is 0 Å². The number of benzene rings is 2. The van der Waals surface area contributed by atoms with E-state index in [4.69, 9.17) is 11.0 Å². The van der Waals surface area contributed by atoms with Gasteiger partial charge in [0.25, 0.3) is 0 Å². The van der Waals surface area contributed by atoms with Gasteiger partial charge in [-0.15, -0.1) is 0 Å². The number of anilines is 1. The van der Waals surface area contributed by atoms with Crippen LogP contribution in [0.25, 0.3) is 10.8 Å². The van der Waals surface area contributed by atoms with Crippen molar-refractivity contribution in [3.8, 4) is 6.07 Å². The number of pyridine rings is 1. The first-order valence-corrected chi connectivity index (χ1v) is 6.90. The normalized spacial score (nSPS) is 10.3. The van der Waals surface area contributed by atoms with Crippen LogP contribution in [0, 0.1) is 11.3 Å². The molecular formula is C16H11N3S. The maximum absolute atomic E-state index is 9.03. The third kappa shape index (κ3) is 2.31. The Bertz CT molecular complexity index is 816. The summed E-state index contributed by atoms with van der Waals surface area (Å²) in [5.74, 6) is 0. The van der Waals surface area contributed by atoms with Crippen molar-refractivity contribution in [2.45, 2.75) is 9.79 Å². The number of hydrogen-bond donors (Lipinski definition) is 1. The maximum atomic E-state index is 9.03. The summed E-state index contributed by atoms with van der Waals surface area (Å²) in [5.41, 5.74) is 6.77. The number of nitrogens with two attached hydrogens (primary N) is 1. The molecule has 3 aromatic rings. The van der Waals surface area contributed by atoms with Gasteiger partial charge < -0.3 is 5.73 Å². The summed E-state index contributed by atoms with van der Waals surface area (Å²) in [5, 5.41) is 11.3. The van der Waals surface area contributed by atoms with E-state index < -0.39 is 0 Å². The first kappa shape index (κ1) is 12.5. The van der Waals surface area contributed by atoms with Crippen molar-refractivity contribution in [1.29, 1.82) is 5.26 Å². The van der Waals surface area contributed by atoms with Gasteiger partial charge in [-0.25, -0.2) is 0 Å². The van der Waals surface area contributed by atoms with E-state index in [1.807, 2.05) is 36.5 Å². The van der Waals surface area contributed by atoms with Gasteiger partial charge in [0.1, 0.15) is 6.07 Å². The van der Waals surface area contributed by atoms with E-state index in [1.165, 1.54) is 0 Å². The standard InChI is InChI=1S/C16H11N3S/c17-9-12-8-13(4-5-15(12)18)20-16-3-1-2-11-10-19-7-6-14(11)16/h1-8,10H,18H2. The summed E-state index contributed by atoms with van der Waals surface area (Å²) >= 11 is 1.62. The molecule has 0 amide bonds. The van der Waals surface area contributed by atoms with Gasteiger partial charge in [0.2, 0.25) is 0 Å². The molecule has 96 valence electrons. The first-order valence-electron chi connectivity index (χ1n) is 6.08. The Morgan fingerprint density at radius 1 is 1.15 bits per heavy atom. The number of aromatic nitrogens is 1. The molecule has 3 rings (SSSR count). The number of nitriles is 1. The molecule has 0 aliphatic carbocycles. The Morgan fingerprint density at radius 2 is 2.05 bits per heavy atom. The zero-order valence-electron chi connectivity index (χ0n) is 10.6. The average Bonchev–Trinajstić information content (AvgIpc) is 2.49. The Labute approximate surface area is 121 Å². The highest BCUT2D eigenvalue weighted by molar-refractivity contribution is 7.99. The third-order valence-corrected chi connectivity index (χ3v) is 4.08. The van der Waals surface area contributed by atoms with Gasteiger partial charge >= 0.3 is 0 Å². The Kier molecular flexibility index (Phi) is 3.28. The van der Waals surface area contributed by atoms with Gasteiger partial charge in [-0.05, 0) is 35.7 Å². The Morgan fingerprint density at radius 3 is 2.90 bits per heavy atom. The van der Waals surface area contributed by atoms with Crippen LogP contribution in [0.2, 0.25) is 0 Å². The molecule has 0 saturated heterocycles. The highest BCUT2D eigenvalue weighted by atomic mass is 32.2. The van der Waals surface area contributed by atoms with Crippen molar-refractivity contribution >= 4 is 28.2 Å². The molecule has 20 heavy (non-hydrogen) atoms. The lowest BCUT2D eigenvalue weighted by atomic mass is 10.2. The van der Waals surface area contributed by atoms with Crippen molar-refractivity contribution in [2.75, 3.05) is 5.73 Å². The number of hydrogen-bond acceptors (Lipinski definition) is 4. The van der Waals surface area contributed by atoms with Gasteiger partial charge in [-0.1, -0.05) is 23.9 Å². The smallest absolute Gasteiger partial charge is 0.101 e. The van der Waals surface area contributed by atoms with Crippen LogP contribution in [0.4, 0.5) is 5.69 Å². The van der Waals surface area contributed by atoms with Crippen LogP contribution in [0.3, 0.4) is 0 Å². The van der Waals surface area contributed by atoms with Crippen molar-refractivity contribution < 1.29 is 0 Å². The van der Waals surface area contributed by atoms with Crippen LogP contribution in [-0.4, -0.2) is 4.98 Å². The number of nitrogens with zero attached hydrogens (tertiary/aromatic N) is 2. The molecule has 0 atom stereocenters. The summed E-state index contributed by atoms with van der Waals surface area (Å²) < 4.78 is 0. The Hall–Kier alpha value is -2.51. The number of nitrogen functional groups attached to an aromatic ring is 1. The van der Waals surface area contributed by atoms with Crippen LogP contribution in [0.15, 0.2) is 64.6 Å². The van der Waals surface area contributed by atoms with Crippen LogP contribution >= 0.6 is 11.8 Å². The lowest BCUT2D eigenvalue weighted by molar-refractivity contribution is 1.35. The van der Waals surface area contributed by atoms with Gasteiger partial charge in [0, 0.05) is 33.3 Å². The van der Waals surface area contributed by atoms with E-state index in [2.05, 4.69) is 17.1 Å². The van der Waals surface area contributed by atoms with Gasteiger partial charge in [-0.3, -0.25) is 4.98 Å². The van der Waals surface area contributed by atoms with Gasteiger partial charge in [0.05, 0.1) is 5.56 Å². The van der Waals surface area contributed by atoms with E-state index in [1.54, 1.807) is 24.0 Å². The summed E-state index contributed by atoms with van der Waals surface area (Å²) in [6.07, 6.45) is 3.64. The second kappa shape index (κ2) is 5.24. The third-order valence-electron chi connectivity index (χ3n) is 3.01. The maximum Gasteiger partial charge on any atom is 0.101 e. The predicted octanol–water partition coefficient (Wildman–Crippen LogP) is 3.84. The second-order valence-electron chi connectivity index (χ2n) is 4.32. The van der Waals surface area contributed by atoms with Crippen molar-refractivity contribution in [3.63, 3.8) is 0 Å². The zero-order valence-corrected chi connectivity index (χ0v) is 11.4. The van der Waals surface area contributed by atoms with Crippen LogP contribution in [-0.2, 0) is 0 Å². The summed E-state index contributed by atoms with van der Waals surface area (Å²) in [6, 6.07) is 15.7. The van der Waals surface area contributed by atoms with E-state index in [0.717, 1.165) is 20.6 Å². The number of fused-ring (bicyclic) bond motifs is 1. The largest absolute Gasteiger partial charge is 0.398 e. The quantitative estimate of drug-likeness (QED) is 0.723. The average molecular weight is 277 g/mol. The fraction of sp³-hybridized carbons (Fsp3) is 0. The summed E-state index contributed by atoms with van der Waals surface area (Å²) in [7, 11) is 0. The molecule has 4 heteroatoms. The van der Waals surface area contributed by atoms with Gasteiger partial charge in [0.15, 0.2) is 0 Å². The molecule has 0 aliphatic rings. The minimum absolute atomic E-state index is 0.511. The number of rotatable bonds is 2. The molecule has 3 nitrogen and oxygen atoms in total. The molecule has 0 radical (unpaired) electrons. The molecule has 1 heterocycles. The lowest BCUT2D eigenvalue weighted by Crippen LogP contribution is -1.89. The van der Waals surface area contributed by atoms with Crippen molar-refractivity contribution in [1.82, 2.24) is 4.98 Å². The van der Waals surface area contributed by atoms with Gasteiger partial charge in [-0.2, -0.15) is 5.26 Å². The van der Waals surface area contributed by atoms with Crippen LogP contribution in [0.5, 0.6) is 0 Å². The highest BCUT2D eigenvalue weighted by Gasteiger charge is 2.05. The minimum Gasteiger partial charge on any atom is -0.398 e. The fourth-order valence-electron chi connectivity index (χ4n) is 2.00. The summed E-state index contributed by atoms with van der Waals surface area (Å²) in [6.45, 7) is 0. The van der Waals surface area contributed by atoms with E-state index in [0.29, 0.717) is 11.3 Å². The van der Waals surface area contributed by atoms with Crippen molar-refractivity contribution in [3.05, 3.63) is 60.4 Å². The van der Waals surface area contributed by atoms with Crippen LogP contribution in [0.1, 0.15) is 5.56 Å². The first-order chi connectivity index (χ1) is 9.78. The molecule has 2 aromatic carbocycles. The monoisotopic (exact) mass is 277 g/mol. The second-order valence-corrected chi connectivity index (χ2v) is 5.43. The predicted molar refractivity (Wildman–Crippen MR) is 81.4 cm³/mol. The molecule has 0 fully saturated rings. The molecule has 1 aromatic heterocycles. The molecule has 0 unspecified atom stereocenters. The highest BCUT2D eigenvalue weighted by Crippen LogP contribution is 2.34. The van der Waals surface area contributed by atoms with E-state index >= 15 is 0 Å². The molecule has 0 spiro atoms. The van der Waals surface area contributed by atoms with Crippen LogP contribution < -0.4 is 5.73 Å². The molecule has 0 saturated carbocycles. The molecular weight excluding hydrogens is 266 g/mol. The molecule has 0 bridgehead atoms. The zero-order chi connectivity index (χ0) is 13.9. The van der Waals surface area contributed by atoms with E-state index in [9.17, 15) is 0 Å². The minimum atomic E-state index is 0.511. The van der Waals surface area contributed by atoms with E-state index in [-0.39, 0.29) is 0 Å².